The molecule has 172 valence electrons. The normalized spacial score (nSPS) is 16.6. The fourth-order valence-corrected chi connectivity index (χ4v) is 3.23. The average molecular weight is 409 g/mol. The van der Waals surface area contributed by atoms with Crippen molar-refractivity contribution in [1.29, 1.82) is 0 Å². The van der Waals surface area contributed by atoms with Gasteiger partial charge in [0.2, 0.25) is 0 Å². The van der Waals surface area contributed by atoms with Gasteiger partial charge in [-0.2, -0.15) is 0 Å². The van der Waals surface area contributed by atoms with Crippen LogP contribution >= 0.6 is 0 Å². The topological polar surface area (TPSA) is 135 Å². The molecular formula is C20H48N4O4. The van der Waals surface area contributed by atoms with Gasteiger partial charge < -0.3 is 27.2 Å². The monoisotopic (exact) mass is 408 g/mol. The molecule has 8 nitrogen and oxygen atoms in total. The molecule has 0 heterocycles. The minimum absolute atomic E-state index is 0.336. The van der Waals surface area contributed by atoms with Crippen LogP contribution in [0, 0.1) is 23.7 Å². The van der Waals surface area contributed by atoms with Crippen molar-refractivity contribution in [2.75, 3.05) is 46.4 Å². The van der Waals surface area contributed by atoms with Crippen LogP contribution in [0.3, 0.4) is 0 Å². The number of nitrogens with one attached hydrogen (secondary N) is 2. The van der Waals surface area contributed by atoms with Gasteiger partial charge in [0.05, 0.1) is 13.2 Å². The third kappa shape index (κ3) is 19.0. The SMILES string of the molecule is CCC(CN)CC(C)CNCC(O)CNCC(C)CC(CC)CN.COOO. The smallest absolute Gasteiger partial charge is 0.0788 e. The predicted octanol–water partition coefficient (Wildman–Crippen LogP) is 1.59. The van der Waals surface area contributed by atoms with E-state index < -0.39 is 0 Å². The number of aliphatic hydroxyl groups excluding tert-OH is 1. The number of hydrogen-bond acceptors (Lipinski definition) is 8. The van der Waals surface area contributed by atoms with E-state index in [1.807, 2.05) is 0 Å². The standard InChI is InChI=1S/C19H44N4O.CH4O3/c1-5-17(9-20)7-15(3)11-22-13-19(24)14-23-12-16(4)8-18(6-2)10-21;1-3-4-2/h15-19,22-24H,5-14,20-21H2,1-4H3;2H,1H3. The van der Waals surface area contributed by atoms with Gasteiger partial charge in [0.15, 0.2) is 0 Å². The lowest BCUT2D eigenvalue weighted by Crippen LogP contribution is -2.38. The Balaban J connectivity index is 0. The Morgan fingerprint density at radius 1 is 0.821 bits per heavy atom. The van der Waals surface area contributed by atoms with E-state index in [1.54, 1.807) is 0 Å². The van der Waals surface area contributed by atoms with E-state index >= 15 is 0 Å². The van der Waals surface area contributed by atoms with Crippen LogP contribution in [0.5, 0.6) is 0 Å². The zero-order chi connectivity index (χ0) is 21.8. The highest BCUT2D eigenvalue weighted by Gasteiger charge is 2.12. The summed E-state index contributed by atoms with van der Waals surface area (Å²) in [6.07, 6.45) is 4.28. The lowest BCUT2D eigenvalue weighted by atomic mass is 9.93. The Hall–Kier alpha value is -0.320. The van der Waals surface area contributed by atoms with Crippen molar-refractivity contribution in [2.45, 2.75) is 59.5 Å². The number of hydrogen-bond donors (Lipinski definition) is 6. The molecule has 8 heteroatoms. The fourth-order valence-electron chi connectivity index (χ4n) is 3.23. The highest BCUT2D eigenvalue weighted by atomic mass is 17.5. The summed E-state index contributed by atoms with van der Waals surface area (Å²) in [5, 5.41) is 27.0. The van der Waals surface area contributed by atoms with E-state index in [1.165, 1.54) is 7.11 Å². The van der Waals surface area contributed by atoms with Gasteiger partial charge >= 0.3 is 0 Å². The van der Waals surface area contributed by atoms with E-state index in [-0.39, 0.29) is 6.10 Å². The lowest BCUT2D eigenvalue weighted by molar-refractivity contribution is -0.479. The van der Waals surface area contributed by atoms with Crippen molar-refractivity contribution in [2.24, 2.45) is 35.1 Å². The fraction of sp³-hybridized carbons (Fsp3) is 1.00. The zero-order valence-corrected chi connectivity index (χ0v) is 18.8. The first-order valence-electron chi connectivity index (χ1n) is 10.7. The lowest BCUT2D eigenvalue weighted by Gasteiger charge is -2.21. The molecule has 0 aromatic carbocycles. The van der Waals surface area contributed by atoms with E-state index in [2.05, 4.69) is 48.3 Å². The van der Waals surface area contributed by atoms with Crippen molar-refractivity contribution in [3.8, 4) is 0 Å². The van der Waals surface area contributed by atoms with Crippen molar-refractivity contribution in [3.05, 3.63) is 0 Å². The summed E-state index contributed by atoms with van der Waals surface area (Å²) in [5.74, 6) is 2.44. The van der Waals surface area contributed by atoms with E-state index in [0.29, 0.717) is 36.8 Å². The molecule has 0 saturated carbocycles. The molecule has 0 saturated heterocycles. The number of nitrogens with two attached hydrogens (primary N) is 2. The molecule has 28 heavy (non-hydrogen) atoms. The van der Waals surface area contributed by atoms with Gasteiger partial charge in [-0.3, -0.25) is 0 Å². The minimum Gasteiger partial charge on any atom is -0.390 e. The maximum atomic E-state index is 10.1. The van der Waals surface area contributed by atoms with Crippen LogP contribution in [0.15, 0.2) is 0 Å². The molecule has 4 atom stereocenters. The first-order valence-corrected chi connectivity index (χ1v) is 10.7. The maximum Gasteiger partial charge on any atom is 0.0788 e. The van der Waals surface area contributed by atoms with Gasteiger partial charge in [0.1, 0.15) is 0 Å². The summed E-state index contributed by atoms with van der Waals surface area (Å²) in [5.41, 5.74) is 11.5. The van der Waals surface area contributed by atoms with Gasteiger partial charge in [-0.25, -0.2) is 10.1 Å². The van der Waals surface area contributed by atoms with Crippen LogP contribution in [-0.4, -0.2) is 62.8 Å². The Morgan fingerprint density at radius 3 is 1.43 bits per heavy atom. The second-order valence-corrected chi connectivity index (χ2v) is 7.91. The summed E-state index contributed by atoms with van der Waals surface area (Å²) < 4.78 is 0. The quantitative estimate of drug-likeness (QED) is 0.158. The van der Waals surface area contributed by atoms with E-state index in [9.17, 15) is 5.11 Å². The molecule has 4 unspecified atom stereocenters. The third-order valence-corrected chi connectivity index (χ3v) is 5.11. The van der Waals surface area contributed by atoms with Gasteiger partial charge in [-0.05, 0) is 62.7 Å². The van der Waals surface area contributed by atoms with Crippen LogP contribution in [0.2, 0.25) is 0 Å². The summed E-state index contributed by atoms with van der Waals surface area (Å²) in [4.78, 5) is 3.60. The van der Waals surface area contributed by atoms with Gasteiger partial charge in [0.25, 0.3) is 0 Å². The van der Waals surface area contributed by atoms with Crippen molar-refractivity contribution in [1.82, 2.24) is 10.6 Å². The Morgan fingerprint density at radius 2 is 1.18 bits per heavy atom. The molecule has 0 aliphatic heterocycles. The van der Waals surface area contributed by atoms with Gasteiger partial charge in [-0.1, -0.05) is 45.6 Å². The first-order chi connectivity index (χ1) is 13.4. The van der Waals surface area contributed by atoms with Crippen LogP contribution in [-0.2, 0) is 9.93 Å². The summed E-state index contributed by atoms with van der Waals surface area (Å²) in [6.45, 7) is 13.6. The molecule has 8 N–H and O–H groups in total. The minimum atomic E-state index is -0.336. The van der Waals surface area contributed by atoms with Crippen molar-refractivity contribution < 1.29 is 20.3 Å². The molecule has 0 fully saturated rings. The largest absolute Gasteiger partial charge is 0.390 e. The van der Waals surface area contributed by atoms with Gasteiger partial charge in [-0.15, -0.1) is 0 Å². The molecule has 0 rings (SSSR count). The molecule has 0 bridgehead atoms. The molecule has 0 spiro atoms. The number of rotatable bonds is 17. The third-order valence-electron chi connectivity index (χ3n) is 5.11. The second-order valence-electron chi connectivity index (χ2n) is 7.91. The summed E-state index contributed by atoms with van der Waals surface area (Å²) in [6, 6.07) is 0. The molecule has 0 aromatic rings. The summed E-state index contributed by atoms with van der Waals surface area (Å²) >= 11 is 0. The van der Waals surface area contributed by atoms with Crippen LogP contribution in [0.1, 0.15) is 53.4 Å². The molecule has 0 amide bonds. The number of aliphatic hydroxyl groups is 1. The average Bonchev–Trinajstić information content (AvgIpc) is 2.70. The molecule has 0 radical (unpaired) electrons. The predicted molar refractivity (Wildman–Crippen MR) is 116 cm³/mol. The van der Waals surface area contributed by atoms with Gasteiger partial charge in [0, 0.05) is 13.1 Å². The highest BCUT2D eigenvalue weighted by molar-refractivity contribution is 4.70. The van der Waals surface area contributed by atoms with E-state index in [4.69, 9.17) is 16.7 Å². The van der Waals surface area contributed by atoms with Crippen LogP contribution < -0.4 is 22.1 Å². The first kappa shape index (κ1) is 29.9. The Kier molecular flexibility index (Phi) is 22.8. The molecular weight excluding hydrogens is 360 g/mol. The Labute approximate surface area is 172 Å². The van der Waals surface area contributed by atoms with E-state index in [0.717, 1.165) is 51.9 Å². The van der Waals surface area contributed by atoms with Crippen LogP contribution in [0.4, 0.5) is 0 Å². The maximum absolute atomic E-state index is 10.1. The summed E-state index contributed by atoms with van der Waals surface area (Å²) in [7, 11) is 1.21. The molecule has 0 aromatic heterocycles. The van der Waals surface area contributed by atoms with Crippen molar-refractivity contribution in [3.63, 3.8) is 0 Å². The van der Waals surface area contributed by atoms with Crippen molar-refractivity contribution >= 4 is 0 Å². The van der Waals surface area contributed by atoms with Crippen LogP contribution in [0.25, 0.3) is 0 Å². The molecule has 0 aliphatic carbocycles. The highest BCUT2D eigenvalue weighted by Crippen LogP contribution is 2.14. The Bertz CT molecular complexity index is 278. The zero-order valence-electron chi connectivity index (χ0n) is 18.8. The molecule has 0 aliphatic rings. The second kappa shape index (κ2) is 21.4.